The molecule has 20 heavy (non-hydrogen) atoms. The third kappa shape index (κ3) is 3.05. The molecule has 0 heterocycles. The maximum Gasteiger partial charge on any atom is 0.335 e. The summed E-state index contributed by atoms with van der Waals surface area (Å²) < 4.78 is 27.8. The molecule has 2 N–H and O–H groups in total. The van der Waals surface area contributed by atoms with Gasteiger partial charge in [0.1, 0.15) is 0 Å². The fourth-order valence-electron chi connectivity index (χ4n) is 2.16. The summed E-state index contributed by atoms with van der Waals surface area (Å²) in [5.74, 6) is -0.767. The molecule has 0 bridgehead atoms. The van der Waals surface area contributed by atoms with Gasteiger partial charge in [-0.3, -0.25) is 0 Å². The van der Waals surface area contributed by atoms with Crippen molar-refractivity contribution in [1.29, 1.82) is 0 Å². The summed E-state index contributed by atoms with van der Waals surface area (Å²) in [6.45, 7) is 3.67. The summed E-state index contributed by atoms with van der Waals surface area (Å²) >= 11 is 3.21. The van der Waals surface area contributed by atoms with E-state index in [1.54, 1.807) is 6.92 Å². The average Bonchev–Trinajstić information content (AvgIpc) is 3.09. The fourth-order valence-corrected chi connectivity index (χ4v) is 4.36. The van der Waals surface area contributed by atoms with Gasteiger partial charge in [-0.25, -0.2) is 17.9 Å². The molecular weight excluding hydrogens is 346 g/mol. The molecule has 5 nitrogen and oxygen atoms in total. The van der Waals surface area contributed by atoms with Gasteiger partial charge in [0.25, 0.3) is 0 Å². The Labute approximate surface area is 126 Å². The van der Waals surface area contributed by atoms with Crippen molar-refractivity contribution in [3.8, 4) is 0 Å². The zero-order valence-electron chi connectivity index (χ0n) is 11.2. The number of carbonyl (C=O) groups is 1. The molecule has 1 aromatic carbocycles. The van der Waals surface area contributed by atoms with Crippen molar-refractivity contribution in [3.05, 3.63) is 27.7 Å². The van der Waals surface area contributed by atoms with E-state index in [0.29, 0.717) is 16.0 Å². The van der Waals surface area contributed by atoms with Crippen molar-refractivity contribution in [2.75, 3.05) is 0 Å². The van der Waals surface area contributed by atoms with Crippen LogP contribution in [-0.2, 0) is 10.0 Å². The number of sulfonamides is 1. The number of hydrogen-bond donors (Lipinski definition) is 2. The van der Waals surface area contributed by atoms with E-state index in [2.05, 4.69) is 20.7 Å². The van der Waals surface area contributed by atoms with Crippen molar-refractivity contribution in [1.82, 2.24) is 4.72 Å². The lowest BCUT2D eigenvalue weighted by Crippen LogP contribution is -2.28. The number of benzene rings is 1. The van der Waals surface area contributed by atoms with Gasteiger partial charge in [-0.05, 0) is 37.0 Å². The van der Waals surface area contributed by atoms with Crippen LogP contribution in [-0.4, -0.2) is 25.5 Å². The number of carboxylic acid groups (broad SMARTS) is 1. The molecule has 1 aliphatic carbocycles. The molecule has 2 rings (SSSR count). The molecule has 0 spiro atoms. The zero-order chi connectivity index (χ0) is 15.1. The minimum absolute atomic E-state index is 0.0195. The Morgan fingerprint density at radius 2 is 2.15 bits per heavy atom. The largest absolute Gasteiger partial charge is 0.478 e. The summed E-state index contributed by atoms with van der Waals surface area (Å²) in [6, 6.07) is 2.58. The second-order valence-electron chi connectivity index (χ2n) is 5.02. The number of aromatic carboxylic acids is 1. The topological polar surface area (TPSA) is 83.5 Å². The third-order valence-electron chi connectivity index (χ3n) is 3.59. The van der Waals surface area contributed by atoms with Gasteiger partial charge in [-0.2, -0.15) is 0 Å². The Morgan fingerprint density at radius 1 is 1.50 bits per heavy atom. The van der Waals surface area contributed by atoms with Gasteiger partial charge in [-0.15, -0.1) is 0 Å². The number of halogens is 1. The molecule has 0 aliphatic heterocycles. The van der Waals surface area contributed by atoms with E-state index in [1.165, 1.54) is 12.1 Å². The summed E-state index contributed by atoms with van der Waals surface area (Å²) in [4.78, 5) is 11.1. The Kier molecular flexibility index (Phi) is 4.22. The van der Waals surface area contributed by atoms with E-state index >= 15 is 0 Å². The van der Waals surface area contributed by atoms with E-state index in [-0.39, 0.29) is 16.5 Å². The third-order valence-corrected chi connectivity index (χ3v) is 6.03. The number of rotatable bonds is 5. The maximum atomic E-state index is 12.4. The molecule has 1 aromatic rings. The van der Waals surface area contributed by atoms with Crippen LogP contribution in [0, 0.1) is 12.8 Å². The van der Waals surface area contributed by atoms with Gasteiger partial charge < -0.3 is 5.11 Å². The summed E-state index contributed by atoms with van der Waals surface area (Å²) in [5.41, 5.74) is 0.460. The van der Waals surface area contributed by atoms with Gasteiger partial charge >= 0.3 is 5.97 Å². The second-order valence-corrected chi connectivity index (χ2v) is 7.55. The van der Waals surface area contributed by atoms with Crippen LogP contribution in [0.3, 0.4) is 0 Å². The van der Waals surface area contributed by atoms with Gasteiger partial charge in [0.2, 0.25) is 10.0 Å². The highest BCUT2D eigenvalue weighted by molar-refractivity contribution is 9.10. The summed E-state index contributed by atoms with van der Waals surface area (Å²) in [5, 5.41) is 9.03. The van der Waals surface area contributed by atoms with Crippen LogP contribution in [0.15, 0.2) is 21.5 Å². The number of nitrogens with one attached hydrogen (secondary N) is 1. The predicted molar refractivity (Wildman–Crippen MR) is 78.3 cm³/mol. The summed E-state index contributed by atoms with van der Waals surface area (Å²) in [6.07, 6.45) is 1.78. The number of carboxylic acids is 1. The first kappa shape index (κ1) is 15.5. The molecule has 0 amide bonds. The lowest BCUT2D eigenvalue weighted by molar-refractivity contribution is 0.0696. The van der Waals surface area contributed by atoms with E-state index in [1.807, 2.05) is 6.92 Å². The average molecular weight is 362 g/mol. The SMILES string of the molecule is CCC1CC1NS(=O)(=O)c1cc(C(=O)O)cc(Br)c1C. The molecule has 0 aromatic heterocycles. The van der Waals surface area contributed by atoms with Gasteiger partial charge in [0.15, 0.2) is 0 Å². The predicted octanol–water partition coefficient (Wildman–Crippen LogP) is 2.53. The minimum atomic E-state index is -3.69. The van der Waals surface area contributed by atoms with Crippen LogP contribution in [0.25, 0.3) is 0 Å². The molecule has 1 fully saturated rings. The Morgan fingerprint density at radius 3 is 2.65 bits per heavy atom. The second kappa shape index (κ2) is 5.46. The lowest BCUT2D eigenvalue weighted by atomic mass is 10.1. The van der Waals surface area contributed by atoms with Gasteiger partial charge in [0, 0.05) is 10.5 Å². The normalized spacial score (nSPS) is 21.8. The first-order chi connectivity index (χ1) is 9.26. The number of hydrogen-bond acceptors (Lipinski definition) is 3. The van der Waals surface area contributed by atoms with E-state index < -0.39 is 16.0 Å². The monoisotopic (exact) mass is 361 g/mol. The maximum absolute atomic E-state index is 12.4. The Bertz CT molecular complexity index is 657. The van der Waals surface area contributed by atoms with E-state index in [0.717, 1.165) is 12.8 Å². The first-order valence-corrected chi connectivity index (χ1v) is 8.59. The minimum Gasteiger partial charge on any atom is -0.478 e. The van der Waals surface area contributed by atoms with Crippen molar-refractivity contribution in [2.24, 2.45) is 5.92 Å². The standard InChI is InChI=1S/C13H16BrNO4S/c1-3-8-5-11(8)15-20(18,19)12-6-9(13(16)17)4-10(14)7(12)2/h4,6,8,11,15H,3,5H2,1-2H3,(H,16,17). The van der Waals surface area contributed by atoms with E-state index in [9.17, 15) is 13.2 Å². The first-order valence-electron chi connectivity index (χ1n) is 6.32. The molecule has 0 saturated heterocycles. The van der Waals surface area contributed by atoms with Gasteiger partial charge in [-0.1, -0.05) is 29.3 Å². The molecule has 2 unspecified atom stereocenters. The molecule has 1 saturated carbocycles. The fraction of sp³-hybridized carbons (Fsp3) is 0.462. The van der Waals surface area contributed by atoms with Crippen molar-refractivity contribution >= 4 is 31.9 Å². The van der Waals surface area contributed by atoms with Crippen LogP contribution < -0.4 is 4.72 Å². The molecule has 0 radical (unpaired) electrons. The molecule has 7 heteroatoms. The lowest BCUT2D eigenvalue weighted by Gasteiger charge is -2.11. The van der Waals surface area contributed by atoms with Crippen molar-refractivity contribution in [3.63, 3.8) is 0 Å². The van der Waals surface area contributed by atoms with Crippen LogP contribution >= 0.6 is 15.9 Å². The zero-order valence-corrected chi connectivity index (χ0v) is 13.6. The van der Waals surface area contributed by atoms with Crippen LogP contribution in [0.4, 0.5) is 0 Å². The van der Waals surface area contributed by atoms with Crippen LogP contribution in [0.1, 0.15) is 35.7 Å². The molecule has 110 valence electrons. The Balaban J connectivity index is 2.38. The highest BCUT2D eigenvalue weighted by atomic mass is 79.9. The Hall–Kier alpha value is -0.920. The highest BCUT2D eigenvalue weighted by Gasteiger charge is 2.39. The van der Waals surface area contributed by atoms with Crippen molar-refractivity contribution in [2.45, 2.75) is 37.6 Å². The molecule has 2 atom stereocenters. The molecule has 1 aliphatic rings. The van der Waals surface area contributed by atoms with Crippen molar-refractivity contribution < 1.29 is 18.3 Å². The van der Waals surface area contributed by atoms with Gasteiger partial charge in [0.05, 0.1) is 10.5 Å². The summed E-state index contributed by atoms with van der Waals surface area (Å²) in [7, 11) is -3.69. The quantitative estimate of drug-likeness (QED) is 0.843. The smallest absolute Gasteiger partial charge is 0.335 e. The highest BCUT2D eigenvalue weighted by Crippen LogP contribution is 2.35. The van der Waals surface area contributed by atoms with E-state index in [4.69, 9.17) is 5.11 Å². The molecular formula is C13H16BrNO4S. The van der Waals surface area contributed by atoms with Crippen LogP contribution in [0.5, 0.6) is 0 Å². The van der Waals surface area contributed by atoms with Crippen LogP contribution in [0.2, 0.25) is 0 Å².